The van der Waals surface area contributed by atoms with Crippen LogP contribution >= 0.6 is 0 Å². The van der Waals surface area contributed by atoms with E-state index in [1.165, 1.54) is 0 Å². The van der Waals surface area contributed by atoms with Crippen molar-refractivity contribution in [3.05, 3.63) is 46.6 Å². The normalized spacial score (nSPS) is 14.7. The van der Waals surface area contributed by atoms with Gasteiger partial charge >= 0.3 is 0 Å². The van der Waals surface area contributed by atoms with Crippen LogP contribution in [0.25, 0.3) is 0 Å². The second-order valence-electron chi connectivity index (χ2n) is 5.35. The zero-order chi connectivity index (χ0) is 15.7. The van der Waals surface area contributed by atoms with Gasteiger partial charge in [0.1, 0.15) is 6.04 Å². The fourth-order valence-electron chi connectivity index (χ4n) is 2.63. The topological polar surface area (TPSA) is 85.1 Å². The first-order chi connectivity index (χ1) is 10.6. The fraction of sp³-hybridized carbons (Fsp3) is 0.375. The van der Waals surface area contributed by atoms with Crippen molar-refractivity contribution in [1.82, 2.24) is 15.5 Å². The zero-order valence-corrected chi connectivity index (χ0v) is 12.5. The van der Waals surface area contributed by atoms with Crippen molar-refractivity contribution in [2.45, 2.75) is 39.2 Å². The highest BCUT2D eigenvalue weighted by atomic mass is 16.5. The van der Waals surface area contributed by atoms with Gasteiger partial charge in [0, 0.05) is 24.0 Å². The van der Waals surface area contributed by atoms with E-state index in [1.807, 2.05) is 6.92 Å². The first-order valence-electron chi connectivity index (χ1n) is 7.38. The quantitative estimate of drug-likeness (QED) is 0.936. The second kappa shape index (κ2) is 5.71. The third-order valence-electron chi connectivity index (χ3n) is 3.84. The van der Waals surface area contributed by atoms with Crippen LogP contribution in [-0.4, -0.2) is 21.8 Å². The Morgan fingerprint density at radius 1 is 1.41 bits per heavy atom. The molecule has 0 aliphatic heterocycles. The maximum atomic E-state index is 12.5. The number of nitrogens with one attached hydrogen (secondary N) is 1. The predicted molar refractivity (Wildman–Crippen MR) is 78.7 cm³/mol. The second-order valence-corrected chi connectivity index (χ2v) is 5.35. The Morgan fingerprint density at radius 2 is 2.23 bits per heavy atom. The number of hydrogen-bond donors (Lipinski definition) is 1. The molecule has 0 fully saturated rings. The highest BCUT2D eigenvalue weighted by molar-refractivity contribution is 6.05. The van der Waals surface area contributed by atoms with E-state index in [0.717, 1.165) is 5.56 Å². The predicted octanol–water partition coefficient (Wildman–Crippen LogP) is 2.25. The van der Waals surface area contributed by atoms with Gasteiger partial charge in [0.15, 0.2) is 11.6 Å². The Bertz CT molecular complexity index is 736. The summed E-state index contributed by atoms with van der Waals surface area (Å²) >= 11 is 0. The van der Waals surface area contributed by atoms with Crippen molar-refractivity contribution < 1.29 is 14.1 Å². The molecule has 1 aromatic carbocycles. The molecule has 2 aromatic rings. The molecule has 0 saturated heterocycles. The van der Waals surface area contributed by atoms with Crippen molar-refractivity contribution in [2.75, 3.05) is 0 Å². The summed E-state index contributed by atoms with van der Waals surface area (Å²) in [6, 6.07) is 4.87. The standard InChI is InChI=1S/C16H17N3O3/c1-3-14-18-16(22-19-14)9(2)17-15(21)12-6-4-5-11-10(12)7-8-13(11)20/h4-6,9H,3,7-8H2,1-2H3,(H,17,21)/t9-/m0/s1. The minimum Gasteiger partial charge on any atom is -0.341 e. The first kappa shape index (κ1) is 14.4. The molecule has 1 atom stereocenters. The van der Waals surface area contributed by atoms with Crippen LogP contribution in [0.1, 0.15) is 64.3 Å². The van der Waals surface area contributed by atoms with E-state index < -0.39 is 0 Å². The molecular formula is C16H17N3O3. The number of Topliss-reactive ketones (excluding diaryl/α,β-unsaturated/α-hetero) is 1. The van der Waals surface area contributed by atoms with Gasteiger partial charge in [-0.1, -0.05) is 24.2 Å². The molecule has 22 heavy (non-hydrogen) atoms. The summed E-state index contributed by atoms with van der Waals surface area (Å²) in [6.07, 6.45) is 1.77. The summed E-state index contributed by atoms with van der Waals surface area (Å²) in [5.41, 5.74) is 2.04. The molecule has 0 radical (unpaired) electrons. The molecule has 6 heteroatoms. The number of benzene rings is 1. The third-order valence-corrected chi connectivity index (χ3v) is 3.84. The lowest BCUT2D eigenvalue weighted by atomic mass is 10.0. The Balaban J connectivity index is 1.79. The average molecular weight is 299 g/mol. The van der Waals surface area contributed by atoms with Crippen LogP contribution in [0, 0.1) is 0 Å². The molecule has 1 N–H and O–H groups in total. The van der Waals surface area contributed by atoms with Gasteiger partial charge in [-0.25, -0.2) is 0 Å². The summed E-state index contributed by atoms with van der Waals surface area (Å²) in [6.45, 7) is 3.72. The van der Waals surface area contributed by atoms with E-state index in [4.69, 9.17) is 4.52 Å². The van der Waals surface area contributed by atoms with E-state index in [9.17, 15) is 9.59 Å². The van der Waals surface area contributed by atoms with Crippen LogP contribution in [0.4, 0.5) is 0 Å². The lowest BCUT2D eigenvalue weighted by molar-refractivity contribution is 0.0931. The number of hydrogen-bond acceptors (Lipinski definition) is 5. The number of aromatic nitrogens is 2. The minimum absolute atomic E-state index is 0.0992. The smallest absolute Gasteiger partial charge is 0.252 e. The number of fused-ring (bicyclic) bond motifs is 1. The SMILES string of the molecule is CCc1noc([C@H](C)NC(=O)c2cccc3c2CCC3=O)n1. The van der Waals surface area contributed by atoms with E-state index in [2.05, 4.69) is 15.5 Å². The van der Waals surface area contributed by atoms with Crippen molar-refractivity contribution >= 4 is 11.7 Å². The van der Waals surface area contributed by atoms with Gasteiger partial charge in [-0.3, -0.25) is 9.59 Å². The lowest BCUT2D eigenvalue weighted by Crippen LogP contribution is -2.27. The van der Waals surface area contributed by atoms with Gasteiger partial charge in [-0.2, -0.15) is 4.98 Å². The molecule has 1 amide bonds. The third kappa shape index (κ3) is 2.52. The first-order valence-corrected chi connectivity index (χ1v) is 7.38. The fourth-order valence-corrected chi connectivity index (χ4v) is 2.63. The Morgan fingerprint density at radius 3 is 2.95 bits per heavy atom. The Hall–Kier alpha value is -2.50. The van der Waals surface area contributed by atoms with Crippen LogP contribution in [0.5, 0.6) is 0 Å². The summed E-state index contributed by atoms with van der Waals surface area (Å²) in [7, 11) is 0. The molecule has 0 bridgehead atoms. The summed E-state index contributed by atoms with van der Waals surface area (Å²) in [5, 5.41) is 6.67. The number of nitrogens with zero attached hydrogens (tertiary/aromatic N) is 2. The van der Waals surface area contributed by atoms with E-state index in [-0.39, 0.29) is 17.7 Å². The molecule has 3 rings (SSSR count). The van der Waals surface area contributed by atoms with Crippen molar-refractivity contribution in [1.29, 1.82) is 0 Å². The Kier molecular flexibility index (Phi) is 3.75. The molecule has 0 spiro atoms. The average Bonchev–Trinajstić information content (AvgIpc) is 3.14. The lowest BCUT2D eigenvalue weighted by Gasteiger charge is -2.12. The molecule has 6 nitrogen and oxygen atoms in total. The monoisotopic (exact) mass is 299 g/mol. The zero-order valence-electron chi connectivity index (χ0n) is 12.5. The van der Waals surface area contributed by atoms with Crippen LogP contribution < -0.4 is 5.32 Å². The van der Waals surface area contributed by atoms with Gasteiger partial charge < -0.3 is 9.84 Å². The Labute approximate surface area is 127 Å². The van der Waals surface area contributed by atoms with Gasteiger partial charge in [0.25, 0.3) is 5.91 Å². The van der Waals surface area contributed by atoms with Crippen LogP contribution in [0.2, 0.25) is 0 Å². The van der Waals surface area contributed by atoms with Crippen LogP contribution in [0.15, 0.2) is 22.7 Å². The van der Waals surface area contributed by atoms with Gasteiger partial charge in [0.05, 0.1) is 0 Å². The maximum Gasteiger partial charge on any atom is 0.252 e. The number of carbonyl (C=O) groups is 2. The molecule has 1 aromatic heterocycles. The molecule has 0 unspecified atom stereocenters. The molecule has 0 saturated carbocycles. The number of rotatable bonds is 4. The van der Waals surface area contributed by atoms with Gasteiger partial charge in [-0.15, -0.1) is 0 Å². The summed E-state index contributed by atoms with van der Waals surface area (Å²) in [4.78, 5) is 28.4. The largest absolute Gasteiger partial charge is 0.341 e. The molecule has 114 valence electrons. The van der Waals surface area contributed by atoms with Gasteiger partial charge in [0.2, 0.25) is 5.89 Å². The molecule has 1 heterocycles. The number of carbonyl (C=O) groups excluding carboxylic acids is 2. The van der Waals surface area contributed by atoms with E-state index in [1.54, 1.807) is 25.1 Å². The number of amides is 1. The molecule has 1 aliphatic rings. The van der Waals surface area contributed by atoms with E-state index in [0.29, 0.717) is 42.1 Å². The highest BCUT2D eigenvalue weighted by Crippen LogP contribution is 2.25. The van der Waals surface area contributed by atoms with Crippen molar-refractivity contribution in [2.24, 2.45) is 0 Å². The summed E-state index contributed by atoms with van der Waals surface area (Å²) in [5.74, 6) is 0.869. The van der Waals surface area contributed by atoms with Crippen molar-refractivity contribution in [3.8, 4) is 0 Å². The van der Waals surface area contributed by atoms with Gasteiger partial charge in [-0.05, 0) is 25.0 Å². The van der Waals surface area contributed by atoms with Crippen LogP contribution in [0.3, 0.4) is 0 Å². The van der Waals surface area contributed by atoms with Crippen molar-refractivity contribution in [3.63, 3.8) is 0 Å². The van der Waals surface area contributed by atoms with Crippen LogP contribution in [-0.2, 0) is 12.8 Å². The maximum absolute atomic E-state index is 12.5. The molecule has 1 aliphatic carbocycles. The highest BCUT2D eigenvalue weighted by Gasteiger charge is 2.25. The van der Waals surface area contributed by atoms with E-state index >= 15 is 0 Å². The summed E-state index contributed by atoms with van der Waals surface area (Å²) < 4.78 is 5.13. The minimum atomic E-state index is -0.381. The number of aryl methyl sites for hydroxylation is 1. The number of ketones is 1. The molecular weight excluding hydrogens is 282 g/mol.